The molecule has 1 aliphatic heterocycles. The van der Waals surface area contributed by atoms with Crippen LogP contribution in [-0.2, 0) is 6.54 Å². The highest BCUT2D eigenvalue weighted by atomic mass is 16.3. The molecule has 4 rings (SSSR count). The summed E-state index contributed by atoms with van der Waals surface area (Å²) in [6.07, 6.45) is 6.49. The lowest BCUT2D eigenvalue weighted by atomic mass is 9.90. The number of likely N-dealkylation sites (tertiary alicyclic amines) is 1. The van der Waals surface area contributed by atoms with E-state index < -0.39 is 5.91 Å². The van der Waals surface area contributed by atoms with Crippen LogP contribution in [0.4, 0.5) is 0 Å². The van der Waals surface area contributed by atoms with Crippen molar-refractivity contribution < 1.29 is 4.79 Å². The van der Waals surface area contributed by atoms with Crippen molar-refractivity contribution in [3.8, 4) is 0 Å². The maximum Gasteiger partial charge on any atom is 0.273 e. The van der Waals surface area contributed by atoms with Crippen LogP contribution >= 0.6 is 0 Å². The van der Waals surface area contributed by atoms with Crippen LogP contribution in [0, 0.1) is 10.8 Å². The van der Waals surface area contributed by atoms with Gasteiger partial charge in [-0.05, 0) is 73.2 Å². The summed E-state index contributed by atoms with van der Waals surface area (Å²) >= 11 is 0. The molecule has 0 unspecified atom stereocenters. The highest BCUT2D eigenvalue weighted by Gasteiger charge is 2.21. The minimum absolute atomic E-state index is 0.405. The molecule has 3 heterocycles. The number of hydrogen-bond acceptors (Lipinski definition) is 5. The van der Waals surface area contributed by atoms with Crippen molar-refractivity contribution in [3.05, 3.63) is 70.4 Å². The van der Waals surface area contributed by atoms with E-state index in [-0.39, 0.29) is 0 Å². The van der Waals surface area contributed by atoms with Gasteiger partial charge in [-0.2, -0.15) is 0 Å². The van der Waals surface area contributed by atoms with Crippen molar-refractivity contribution in [2.24, 2.45) is 11.2 Å². The second-order valence-corrected chi connectivity index (χ2v) is 8.82. The van der Waals surface area contributed by atoms with E-state index in [1.54, 1.807) is 12.1 Å². The molecule has 0 saturated carbocycles. The molecule has 0 bridgehead atoms. The molecule has 31 heavy (non-hydrogen) atoms. The molecule has 1 aromatic carbocycles. The molecule has 162 valence electrons. The molecule has 0 spiro atoms. The van der Waals surface area contributed by atoms with Crippen LogP contribution in [0.1, 0.15) is 54.1 Å². The van der Waals surface area contributed by atoms with Gasteiger partial charge in [0.15, 0.2) is 0 Å². The number of piperidine rings is 1. The van der Waals surface area contributed by atoms with Gasteiger partial charge in [0.2, 0.25) is 0 Å². The molecular weight excluding hydrogens is 390 g/mol. The number of nitrogens with zero attached hydrogens (tertiary/aromatic N) is 4. The molecular formula is C24H29N5O2. The van der Waals surface area contributed by atoms with E-state index in [1.165, 1.54) is 38.0 Å². The van der Waals surface area contributed by atoms with Crippen molar-refractivity contribution in [1.82, 2.24) is 19.9 Å². The second-order valence-electron chi connectivity index (χ2n) is 8.82. The van der Waals surface area contributed by atoms with Gasteiger partial charge in [-0.15, -0.1) is 4.91 Å². The molecule has 0 aliphatic carbocycles. The lowest BCUT2D eigenvalue weighted by molar-refractivity contribution is 0.0954. The van der Waals surface area contributed by atoms with Crippen LogP contribution in [0.5, 0.6) is 0 Å². The summed E-state index contributed by atoms with van der Waals surface area (Å²) in [5.41, 5.74) is 5.67. The van der Waals surface area contributed by atoms with Crippen molar-refractivity contribution in [2.75, 3.05) is 19.6 Å². The van der Waals surface area contributed by atoms with Gasteiger partial charge >= 0.3 is 0 Å². The van der Waals surface area contributed by atoms with Crippen LogP contribution in [-0.4, -0.2) is 40.0 Å². The van der Waals surface area contributed by atoms with Crippen molar-refractivity contribution in [3.63, 3.8) is 0 Å². The first-order valence-corrected chi connectivity index (χ1v) is 10.9. The van der Waals surface area contributed by atoms with E-state index in [0.717, 1.165) is 22.5 Å². The predicted molar refractivity (Wildman–Crippen MR) is 122 cm³/mol. The SMILES string of the molecule is CC(C)CN1CCC(c2cnc3c(ccn3Cc3ccc(C(=O)NN=O)cc3)c2)CC1. The fraction of sp³-hybridized carbons (Fsp3) is 0.417. The molecule has 1 saturated heterocycles. The lowest BCUT2D eigenvalue weighted by Gasteiger charge is -2.33. The van der Waals surface area contributed by atoms with E-state index in [1.807, 2.05) is 23.8 Å². The largest absolute Gasteiger partial charge is 0.328 e. The summed E-state index contributed by atoms with van der Waals surface area (Å²) in [6.45, 7) is 8.75. The number of nitroso groups, excluding NO2 is 1. The summed E-state index contributed by atoms with van der Waals surface area (Å²) in [6, 6.07) is 11.6. The number of nitrogens with one attached hydrogen (secondary N) is 1. The summed E-state index contributed by atoms with van der Waals surface area (Å²) in [7, 11) is 0. The molecule has 0 atom stereocenters. The lowest BCUT2D eigenvalue weighted by Crippen LogP contribution is -2.35. The molecule has 7 heteroatoms. The first-order valence-electron chi connectivity index (χ1n) is 10.9. The molecule has 2 aromatic heterocycles. The van der Waals surface area contributed by atoms with Crippen molar-refractivity contribution in [2.45, 2.75) is 39.2 Å². The van der Waals surface area contributed by atoms with E-state index >= 15 is 0 Å². The normalized spacial score (nSPS) is 15.5. The van der Waals surface area contributed by atoms with Gasteiger partial charge in [-0.1, -0.05) is 26.0 Å². The molecule has 1 aliphatic rings. The highest BCUT2D eigenvalue weighted by Crippen LogP contribution is 2.30. The standard InChI is InChI=1S/C24H29N5O2/c1-17(2)15-28-10-7-19(8-11-28)22-13-21-9-12-29(23(21)25-14-22)16-18-3-5-20(6-4-18)24(30)26-27-31/h3-6,9,12-14,17,19H,7-8,10-11,15-16H2,1-2H3,(H,26,30,31). The van der Waals surface area contributed by atoms with Crippen molar-refractivity contribution in [1.29, 1.82) is 0 Å². The average molecular weight is 420 g/mol. The number of fused-ring (bicyclic) bond motifs is 1. The summed E-state index contributed by atoms with van der Waals surface area (Å²) in [4.78, 5) is 29.2. The smallest absolute Gasteiger partial charge is 0.273 e. The van der Waals surface area contributed by atoms with Gasteiger partial charge in [-0.3, -0.25) is 4.79 Å². The number of amides is 1. The first-order chi connectivity index (χ1) is 15.0. The summed E-state index contributed by atoms with van der Waals surface area (Å²) < 4.78 is 2.12. The van der Waals surface area contributed by atoms with E-state index in [0.29, 0.717) is 18.0 Å². The Kier molecular flexibility index (Phi) is 6.42. The van der Waals surface area contributed by atoms with Crippen molar-refractivity contribution >= 4 is 16.9 Å². The van der Waals surface area contributed by atoms with Gasteiger partial charge in [0.05, 0.1) is 5.29 Å². The van der Waals surface area contributed by atoms with E-state index in [2.05, 4.69) is 46.9 Å². The zero-order valence-electron chi connectivity index (χ0n) is 18.1. The molecule has 1 N–H and O–H groups in total. The van der Waals surface area contributed by atoms with Crippen LogP contribution in [0.2, 0.25) is 0 Å². The van der Waals surface area contributed by atoms with Crippen LogP contribution in [0.25, 0.3) is 11.0 Å². The Morgan fingerprint density at radius 1 is 1.19 bits per heavy atom. The quantitative estimate of drug-likeness (QED) is 0.457. The van der Waals surface area contributed by atoms with Crippen LogP contribution < -0.4 is 5.43 Å². The Hall–Kier alpha value is -3.06. The zero-order valence-corrected chi connectivity index (χ0v) is 18.1. The van der Waals surface area contributed by atoms with E-state index in [4.69, 9.17) is 4.98 Å². The summed E-state index contributed by atoms with van der Waals surface area (Å²) in [5, 5.41) is 3.58. The molecule has 1 fully saturated rings. The molecule has 0 radical (unpaired) electrons. The summed E-state index contributed by atoms with van der Waals surface area (Å²) in [5.74, 6) is 0.802. The third kappa shape index (κ3) is 4.99. The number of carbonyl (C=O) groups is 1. The number of benzene rings is 1. The monoisotopic (exact) mass is 419 g/mol. The molecule has 7 nitrogen and oxygen atoms in total. The average Bonchev–Trinajstić information content (AvgIpc) is 3.16. The minimum Gasteiger partial charge on any atom is -0.328 e. The van der Waals surface area contributed by atoms with Gasteiger partial charge in [0.1, 0.15) is 5.65 Å². The van der Waals surface area contributed by atoms with Gasteiger partial charge < -0.3 is 9.47 Å². The van der Waals surface area contributed by atoms with Gasteiger partial charge in [0.25, 0.3) is 5.91 Å². The Labute approximate surface area is 182 Å². The number of hydrogen-bond donors (Lipinski definition) is 1. The maximum absolute atomic E-state index is 11.7. The molecule has 1 amide bonds. The van der Waals surface area contributed by atoms with Gasteiger partial charge in [-0.25, -0.2) is 10.4 Å². The topological polar surface area (TPSA) is 79.6 Å². The number of pyridine rings is 1. The zero-order chi connectivity index (χ0) is 21.8. The van der Waals surface area contributed by atoms with Gasteiger partial charge in [0, 0.05) is 36.4 Å². The van der Waals surface area contributed by atoms with Crippen LogP contribution in [0.15, 0.2) is 54.1 Å². The Balaban J connectivity index is 1.43. The Morgan fingerprint density at radius 3 is 2.61 bits per heavy atom. The Bertz CT molecular complexity index is 1050. The predicted octanol–water partition coefficient (Wildman–Crippen LogP) is 4.33. The number of rotatable bonds is 7. The third-order valence-corrected chi connectivity index (χ3v) is 6.02. The number of carbonyl (C=O) groups excluding carboxylic acids is 1. The maximum atomic E-state index is 11.7. The highest BCUT2D eigenvalue weighted by molar-refractivity contribution is 5.93. The fourth-order valence-corrected chi connectivity index (χ4v) is 4.48. The molecule has 3 aromatic rings. The Morgan fingerprint density at radius 2 is 1.94 bits per heavy atom. The van der Waals surface area contributed by atoms with Crippen LogP contribution in [0.3, 0.4) is 0 Å². The number of aromatic nitrogens is 2. The second kappa shape index (κ2) is 9.39. The fourth-order valence-electron chi connectivity index (χ4n) is 4.48. The first kappa shape index (κ1) is 21.2. The van der Waals surface area contributed by atoms with E-state index in [9.17, 15) is 9.70 Å². The third-order valence-electron chi connectivity index (χ3n) is 6.02. The minimum atomic E-state index is -0.503.